The van der Waals surface area contributed by atoms with Gasteiger partial charge in [0.1, 0.15) is 13.2 Å². The topological polar surface area (TPSA) is 108 Å². The number of carboxylic acids is 1. The van der Waals surface area contributed by atoms with E-state index in [4.69, 9.17) is 18.9 Å². The number of rotatable bonds is 69. The summed E-state index contributed by atoms with van der Waals surface area (Å²) in [5, 5.41) is 9.75. The monoisotopic (exact) mass is 1210 g/mol. The SMILES string of the molecule is CC/C=C\C/C=C\C/C=C\C/C=C\C/C=C\CCCCCCCCCCCCCCCCCCCCCCCCCCCC(=O)OC(COC(=O)CCCCCCCCCCCCCCCCCCCCCC)COC(OCC[N+](C)(C)C)C(=O)O. The number of hydrogen-bond donors (Lipinski definition) is 1. The summed E-state index contributed by atoms with van der Waals surface area (Å²) >= 11 is 0. The van der Waals surface area contributed by atoms with Crippen molar-refractivity contribution in [3.63, 3.8) is 0 Å². The fourth-order valence-corrected chi connectivity index (χ4v) is 10.9. The van der Waals surface area contributed by atoms with Crippen LogP contribution in [-0.4, -0.2) is 87.4 Å². The fraction of sp³-hybridized carbons (Fsp3) is 0.831. The zero-order valence-corrected chi connectivity index (χ0v) is 57.5. The molecule has 0 aromatic heterocycles. The smallest absolute Gasteiger partial charge is 0.361 e. The van der Waals surface area contributed by atoms with Crippen molar-refractivity contribution in [1.29, 1.82) is 0 Å². The van der Waals surface area contributed by atoms with Crippen molar-refractivity contribution in [2.45, 2.75) is 367 Å². The predicted molar refractivity (Wildman–Crippen MR) is 369 cm³/mol. The lowest BCUT2D eigenvalue weighted by atomic mass is 10.0. The van der Waals surface area contributed by atoms with Crippen LogP contribution >= 0.6 is 0 Å². The molecule has 0 aromatic carbocycles. The minimum absolute atomic E-state index is 0.175. The summed E-state index contributed by atoms with van der Waals surface area (Å²) in [4.78, 5) is 37.6. The third-order valence-corrected chi connectivity index (χ3v) is 16.5. The molecule has 0 saturated carbocycles. The van der Waals surface area contributed by atoms with E-state index < -0.39 is 18.4 Å². The van der Waals surface area contributed by atoms with Gasteiger partial charge in [0.2, 0.25) is 0 Å². The molecular weight excluding hydrogens is 1070 g/mol. The van der Waals surface area contributed by atoms with Crippen LogP contribution in [0.3, 0.4) is 0 Å². The summed E-state index contributed by atoms with van der Waals surface area (Å²) in [5.74, 6) is -1.97. The van der Waals surface area contributed by atoms with Crippen LogP contribution in [0.2, 0.25) is 0 Å². The quantitative estimate of drug-likeness (QED) is 0.0211. The van der Waals surface area contributed by atoms with Crippen LogP contribution < -0.4 is 0 Å². The first-order chi connectivity index (χ1) is 42.1. The largest absolute Gasteiger partial charge is 0.477 e. The molecule has 502 valence electrons. The first-order valence-electron chi connectivity index (χ1n) is 37.0. The number of allylic oxidation sites excluding steroid dienone is 10. The van der Waals surface area contributed by atoms with Crippen LogP contribution in [-0.2, 0) is 33.3 Å². The minimum Gasteiger partial charge on any atom is -0.477 e. The Kier molecular flexibility index (Phi) is 65.5. The molecule has 86 heavy (non-hydrogen) atoms. The fourth-order valence-electron chi connectivity index (χ4n) is 10.9. The Labute approximate surface area is 533 Å². The molecule has 0 bridgehead atoms. The van der Waals surface area contributed by atoms with E-state index in [9.17, 15) is 19.5 Å². The van der Waals surface area contributed by atoms with Gasteiger partial charge < -0.3 is 28.5 Å². The van der Waals surface area contributed by atoms with Crippen molar-refractivity contribution in [3.8, 4) is 0 Å². The number of carbonyl (C=O) groups is 3. The second-order valence-corrected chi connectivity index (χ2v) is 26.2. The van der Waals surface area contributed by atoms with Gasteiger partial charge in [0.05, 0.1) is 34.4 Å². The summed E-state index contributed by atoms with van der Waals surface area (Å²) < 4.78 is 23.0. The zero-order chi connectivity index (χ0) is 62.6. The standard InChI is InChI=1S/C77H141NO8/c1-6-8-10-12-14-16-18-20-22-24-26-28-29-30-31-32-33-34-35-36-37-38-39-40-41-42-43-44-45-46-47-48-50-52-54-56-58-60-62-64-66-68-75(80)86-73(72-85-77(76(81)82)83-70-69-78(3,4)5)71-84-74(79)67-65-63-61-59-57-55-53-51-49-27-25-23-21-19-17-15-13-11-9-7-2/h8,10,14,16,20,22,26,28,30-31,73,77H,6-7,9,11-13,15,17-19,21,23-25,27,29,32-72H2,1-5H3/p+1/b10-8-,16-14-,22-20-,28-26-,31-30-. The summed E-state index contributed by atoms with van der Waals surface area (Å²) in [6.45, 7) is 4.83. The van der Waals surface area contributed by atoms with E-state index in [1.807, 2.05) is 21.1 Å². The molecule has 0 rings (SSSR count). The number of carboxylic acid groups (broad SMARTS) is 1. The molecular formula is C77H142NO8+. The Morgan fingerprint density at radius 3 is 0.988 bits per heavy atom. The number of aliphatic carboxylic acids is 1. The average molecular weight is 1210 g/mol. The van der Waals surface area contributed by atoms with Gasteiger partial charge in [-0.15, -0.1) is 0 Å². The van der Waals surface area contributed by atoms with Crippen LogP contribution in [0.5, 0.6) is 0 Å². The van der Waals surface area contributed by atoms with E-state index >= 15 is 0 Å². The lowest BCUT2D eigenvalue weighted by Gasteiger charge is -2.25. The molecule has 0 amide bonds. The van der Waals surface area contributed by atoms with Gasteiger partial charge in [0, 0.05) is 12.8 Å². The number of hydrogen-bond acceptors (Lipinski definition) is 7. The first-order valence-corrected chi connectivity index (χ1v) is 37.0. The normalized spacial score (nSPS) is 13.0. The second kappa shape index (κ2) is 67.9. The molecule has 0 fully saturated rings. The van der Waals surface area contributed by atoms with E-state index in [2.05, 4.69) is 74.6 Å². The molecule has 0 aliphatic heterocycles. The number of esters is 2. The van der Waals surface area contributed by atoms with Crippen molar-refractivity contribution >= 4 is 17.9 Å². The van der Waals surface area contributed by atoms with E-state index in [0.29, 0.717) is 17.4 Å². The Hall–Kier alpha value is -3.01. The van der Waals surface area contributed by atoms with Crippen molar-refractivity contribution < 1.29 is 42.9 Å². The van der Waals surface area contributed by atoms with Crippen LogP contribution in [0.4, 0.5) is 0 Å². The molecule has 9 nitrogen and oxygen atoms in total. The second-order valence-electron chi connectivity index (χ2n) is 26.2. The summed E-state index contributed by atoms with van der Waals surface area (Å²) in [6.07, 6.45) is 86.5. The molecule has 2 unspecified atom stereocenters. The maximum Gasteiger partial charge on any atom is 0.361 e. The molecule has 0 aliphatic carbocycles. The molecule has 0 radical (unpaired) electrons. The van der Waals surface area contributed by atoms with Gasteiger partial charge in [-0.2, -0.15) is 0 Å². The van der Waals surface area contributed by atoms with Gasteiger partial charge in [-0.1, -0.05) is 344 Å². The van der Waals surface area contributed by atoms with Crippen LogP contribution in [0, 0.1) is 0 Å². The number of quaternary nitrogens is 1. The lowest BCUT2D eigenvalue weighted by molar-refractivity contribution is -0.870. The highest BCUT2D eigenvalue weighted by molar-refractivity contribution is 5.71. The highest BCUT2D eigenvalue weighted by atomic mass is 16.7. The first kappa shape index (κ1) is 83.0. The van der Waals surface area contributed by atoms with Crippen LogP contribution in [0.25, 0.3) is 0 Å². The van der Waals surface area contributed by atoms with Crippen molar-refractivity contribution in [1.82, 2.24) is 0 Å². The Balaban J connectivity index is 3.95. The van der Waals surface area contributed by atoms with E-state index in [1.165, 1.54) is 257 Å². The average Bonchev–Trinajstić information content (AvgIpc) is 3.63. The van der Waals surface area contributed by atoms with E-state index in [-0.39, 0.29) is 38.2 Å². The van der Waals surface area contributed by atoms with Gasteiger partial charge in [0.15, 0.2) is 6.10 Å². The summed E-state index contributed by atoms with van der Waals surface area (Å²) in [6, 6.07) is 0. The number of ether oxygens (including phenoxy) is 4. The highest BCUT2D eigenvalue weighted by Gasteiger charge is 2.25. The van der Waals surface area contributed by atoms with Gasteiger partial charge in [0.25, 0.3) is 6.29 Å². The van der Waals surface area contributed by atoms with Gasteiger partial charge in [-0.25, -0.2) is 4.79 Å². The number of unbranched alkanes of at least 4 members (excludes halogenated alkanes) is 44. The van der Waals surface area contributed by atoms with E-state index in [0.717, 1.165) is 70.6 Å². The molecule has 9 heteroatoms. The van der Waals surface area contributed by atoms with Crippen LogP contribution in [0.15, 0.2) is 60.8 Å². The predicted octanol–water partition coefficient (Wildman–Crippen LogP) is 23.1. The highest BCUT2D eigenvalue weighted by Crippen LogP contribution is 2.19. The Morgan fingerprint density at radius 1 is 0.360 bits per heavy atom. The molecule has 0 heterocycles. The molecule has 0 saturated heterocycles. The lowest BCUT2D eigenvalue weighted by Crippen LogP contribution is -2.40. The molecule has 1 N–H and O–H groups in total. The minimum atomic E-state index is -1.51. The van der Waals surface area contributed by atoms with Gasteiger partial charge >= 0.3 is 17.9 Å². The number of nitrogens with zero attached hydrogens (tertiary/aromatic N) is 1. The Bertz CT molecular complexity index is 1600. The number of likely N-dealkylation sites (N-methyl/N-ethyl adjacent to an activating group) is 1. The molecule has 2 atom stereocenters. The van der Waals surface area contributed by atoms with Gasteiger partial charge in [-0.05, 0) is 57.8 Å². The third kappa shape index (κ3) is 68.5. The van der Waals surface area contributed by atoms with Gasteiger partial charge in [-0.3, -0.25) is 9.59 Å². The Morgan fingerprint density at radius 2 is 0.663 bits per heavy atom. The molecule has 0 aromatic rings. The van der Waals surface area contributed by atoms with Crippen molar-refractivity contribution in [2.24, 2.45) is 0 Å². The van der Waals surface area contributed by atoms with Crippen molar-refractivity contribution in [3.05, 3.63) is 60.8 Å². The van der Waals surface area contributed by atoms with Crippen molar-refractivity contribution in [2.75, 3.05) is 47.5 Å². The third-order valence-electron chi connectivity index (χ3n) is 16.5. The van der Waals surface area contributed by atoms with Crippen LogP contribution in [0.1, 0.15) is 354 Å². The number of carbonyl (C=O) groups excluding carboxylic acids is 2. The summed E-state index contributed by atoms with van der Waals surface area (Å²) in [5.41, 5.74) is 0. The maximum absolute atomic E-state index is 13.0. The molecule has 0 aliphatic rings. The molecule has 0 spiro atoms. The zero-order valence-electron chi connectivity index (χ0n) is 57.5. The maximum atomic E-state index is 13.0. The van der Waals surface area contributed by atoms with E-state index in [1.54, 1.807) is 0 Å². The summed E-state index contributed by atoms with van der Waals surface area (Å²) in [7, 11) is 5.99.